The summed E-state index contributed by atoms with van der Waals surface area (Å²) in [5, 5.41) is 13.0. The number of aromatic amines is 1. The van der Waals surface area contributed by atoms with E-state index in [4.69, 9.17) is 9.52 Å². The van der Waals surface area contributed by atoms with Gasteiger partial charge in [-0.25, -0.2) is 14.6 Å². The van der Waals surface area contributed by atoms with Crippen molar-refractivity contribution in [1.82, 2.24) is 9.97 Å². The van der Waals surface area contributed by atoms with Gasteiger partial charge in [-0.3, -0.25) is 15.1 Å². The molecule has 0 saturated carbocycles. The van der Waals surface area contributed by atoms with Gasteiger partial charge < -0.3 is 9.52 Å². The number of oxazole rings is 1. The molecule has 23 heavy (non-hydrogen) atoms. The minimum atomic E-state index is -1.21. The topological polar surface area (TPSA) is 125 Å². The number of thiazole rings is 1. The first-order chi connectivity index (χ1) is 11.0. The number of carboxylic acids is 1. The van der Waals surface area contributed by atoms with E-state index in [1.807, 2.05) is 0 Å². The van der Waals surface area contributed by atoms with E-state index >= 15 is 0 Å². The van der Waals surface area contributed by atoms with Gasteiger partial charge in [-0.05, 0) is 12.1 Å². The lowest BCUT2D eigenvalue weighted by Crippen LogP contribution is -2.08. The first kappa shape index (κ1) is 14.7. The van der Waals surface area contributed by atoms with Crippen LogP contribution in [0.3, 0.4) is 0 Å². The van der Waals surface area contributed by atoms with Crippen molar-refractivity contribution in [2.24, 2.45) is 0 Å². The number of fused-ring (bicyclic) bond motifs is 1. The Bertz CT molecular complexity index is 982. The molecule has 0 fully saturated rings. The van der Waals surface area contributed by atoms with Crippen LogP contribution in [-0.4, -0.2) is 27.0 Å². The largest absolute Gasteiger partial charge is 0.478 e. The van der Waals surface area contributed by atoms with Gasteiger partial charge in [0.25, 0.3) is 0 Å². The number of nitrogens with zero attached hydrogens (tertiary/aromatic N) is 1. The molecule has 0 radical (unpaired) electrons. The Balaban J connectivity index is 1.81. The Labute approximate surface area is 132 Å². The Morgan fingerprint density at radius 2 is 2.17 bits per heavy atom. The van der Waals surface area contributed by atoms with Crippen molar-refractivity contribution in [3.05, 3.63) is 46.3 Å². The van der Waals surface area contributed by atoms with Gasteiger partial charge in [0.2, 0.25) is 5.91 Å². The van der Waals surface area contributed by atoms with Gasteiger partial charge in [-0.2, -0.15) is 0 Å². The molecular weight excluding hydrogens is 322 g/mol. The fourth-order valence-corrected chi connectivity index (χ4v) is 2.59. The van der Waals surface area contributed by atoms with Crippen molar-refractivity contribution in [2.45, 2.75) is 0 Å². The SMILES string of the molecule is O=C(O)/C=C/C(=O)Nc1nc(-c2ccc3[nH]c(=O)oc3c2)cs1. The van der Waals surface area contributed by atoms with Gasteiger partial charge in [0.1, 0.15) is 0 Å². The quantitative estimate of drug-likeness (QED) is 0.626. The Hall–Kier alpha value is -3.20. The van der Waals surface area contributed by atoms with Gasteiger partial charge >= 0.3 is 11.7 Å². The zero-order chi connectivity index (χ0) is 16.4. The fraction of sp³-hybridized carbons (Fsp3) is 0. The summed E-state index contributed by atoms with van der Waals surface area (Å²) < 4.78 is 4.99. The lowest BCUT2D eigenvalue weighted by atomic mass is 10.1. The number of anilines is 1. The average molecular weight is 331 g/mol. The van der Waals surface area contributed by atoms with Gasteiger partial charge in [-0.1, -0.05) is 6.07 Å². The lowest BCUT2D eigenvalue weighted by Gasteiger charge is -1.97. The highest BCUT2D eigenvalue weighted by Gasteiger charge is 2.09. The van der Waals surface area contributed by atoms with Gasteiger partial charge in [-0.15, -0.1) is 11.3 Å². The van der Waals surface area contributed by atoms with Crippen LogP contribution >= 0.6 is 11.3 Å². The van der Waals surface area contributed by atoms with Crippen LogP contribution in [0.5, 0.6) is 0 Å². The molecule has 2 aromatic heterocycles. The number of hydrogen-bond acceptors (Lipinski definition) is 6. The molecule has 0 spiro atoms. The van der Waals surface area contributed by atoms with E-state index in [1.165, 1.54) is 11.3 Å². The third-order valence-electron chi connectivity index (χ3n) is 2.83. The molecule has 8 nitrogen and oxygen atoms in total. The van der Waals surface area contributed by atoms with E-state index in [0.717, 1.165) is 17.7 Å². The monoisotopic (exact) mass is 331 g/mol. The fourth-order valence-electron chi connectivity index (χ4n) is 1.86. The molecule has 3 N–H and O–H groups in total. The zero-order valence-corrected chi connectivity index (χ0v) is 12.2. The minimum Gasteiger partial charge on any atom is -0.478 e. The summed E-state index contributed by atoms with van der Waals surface area (Å²) in [5.41, 5.74) is 2.31. The second-order valence-electron chi connectivity index (χ2n) is 4.42. The summed E-state index contributed by atoms with van der Waals surface area (Å²) >= 11 is 1.19. The molecule has 9 heteroatoms. The van der Waals surface area contributed by atoms with E-state index in [1.54, 1.807) is 23.6 Å². The predicted octanol–water partition coefficient (Wildman–Crippen LogP) is 1.82. The van der Waals surface area contributed by atoms with Crippen LogP contribution in [0.1, 0.15) is 0 Å². The lowest BCUT2D eigenvalue weighted by molar-refractivity contribution is -0.131. The molecule has 0 aliphatic heterocycles. The van der Waals surface area contributed by atoms with E-state index < -0.39 is 17.6 Å². The van der Waals surface area contributed by atoms with Crippen molar-refractivity contribution in [2.75, 3.05) is 5.32 Å². The van der Waals surface area contributed by atoms with E-state index in [-0.39, 0.29) is 0 Å². The molecule has 3 rings (SSSR count). The highest BCUT2D eigenvalue weighted by atomic mass is 32.1. The second-order valence-corrected chi connectivity index (χ2v) is 5.28. The highest BCUT2D eigenvalue weighted by molar-refractivity contribution is 7.14. The molecular formula is C14H9N3O5S. The first-order valence-corrected chi connectivity index (χ1v) is 7.20. The van der Waals surface area contributed by atoms with Crippen molar-refractivity contribution >= 4 is 39.4 Å². The van der Waals surface area contributed by atoms with E-state index in [2.05, 4.69) is 15.3 Å². The molecule has 1 amide bonds. The number of aliphatic carboxylic acids is 1. The van der Waals surface area contributed by atoms with Crippen molar-refractivity contribution in [1.29, 1.82) is 0 Å². The van der Waals surface area contributed by atoms with Gasteiger partial charge in [0.15, 0.2) is 10.7 Å². The first-order valence-electron chi connectivity index (χ1n) is 6.32. The number of carbonyl (C=O) groups excluding carboxylic acids is 1. The Morgan fingerprint density at radius 1 is 1.35 bits per heavy atom. The molecule has 0 atom stereocenters. The van der Waals surface area contributed by atoms with Crippen LogP contribution < -0.4 is 11.1 Å². The third-order valence-corrected chi connectivity index (χ3v) is 3.59. The molecule has 1 aromatic carbocycles. The summed E-state index contributed by atoms with van der Waals surface area (Å²) in [4.78, 5) is 39.7. The molecule has 116 valence electrons. The number of benzene rings is 1. The number of carboxylic acid groups (broad SMARTS) is 1. The maximum atomic E-state index is 11.5. The Kier molecular flexibility index (Phi) is 3.77. The number of amides is 1. The van der Waals surface area contributed by atoms with E-state index in [0.29, 0.717) is 21.9 Å². The van der Waals surface area contributed by atoms with Crippen LogP contribution in [0.2, 0.25) is 0 Å². The molecule has 0 unspecified atom stereocenters. The zero-order valence-electron chi connectivity index (χ0n) is 11.4. The highest BCUT2D eigenvalue weighted by Crippen LogP contribution is 2.27. The van der Waals surface area contributed by atoms with Gasteiger partial charge in [0.05, 0.1) is 11.2 Å². The molecule has 0 bridgehead atoms. The van der Waals surface area contributed by atoms with Crippen LogP contribution in [0.25, 0.3) is 22.4 Å². The standard InChI is InChI=1S/C14H9N3O5S/c18-11(3-4-12(19)20)17-13-15-9(6-23-13)7-1-2-8-10(5-7)22-14(21)16-8/h1-6H,(H,16,21)(H,19,20)(H,15,17,18)/b4-3+. The number of hydrogen-bond donors (Lipinski definition) is 3. The predicted molar refractivity (Wildman–Crippen MR) is 83.3 cm³/mol. The number of nitrogens with one attached hydrogen (secondary N) is 2. The smallest absolute Gasteiger partial charge is 0.417 e. The molecule has 2 heterocycles. The van der Waals surface area contributed by atoms with E-state index in [9.17, 15) is 14.4 Å². The average Bonchev–Trinajstić information content (AvgIpc) is 3.09. The summed E-state index contributed by atoms with van der Waals surface area (Å²) in [5.74, 6) is -2.32. The molecule has 3 aromatic rings. The third kappa shape index (κ3) is 3.35. The summed E-state index contributed by atoms with van der Waals surface area (Å²) in [6, 6.07) is 5.12. The summed E-state index contributed by atoms with van der Waals surface area (Å²) in [6.45, 7) is 0. The normalized spacial score (nSPS) is 11.1. The van der Waals surface area contributed by atoms with Crippen LogP contribution in [0.4, 0.5) is 5.13 Å². The van der Waals surface area contributed by atoms with Crippen molar-refractivity contribution in [3.63, 3.8) is 0 Å². The second kappa shape index (κ2) is 5.89. The van der Waals surface area contributed by atoms with Crippen molar-refractivity contribution < 1.29 is 19.1 Å². The molecule has 0 aliphatic carbocycles. The van der Waals surface area contributed by atoms with Crippen LogP contribution in [-0.2, 0) is 9.59 Å². The molecule has 0 saturated heterocycles. The number of H-pyrrole nitrogens is 1. The molecule has 0 aliphatic rings. The van der Waals surface area contributed by atoms with Crippen LogP contribution in [0, 0.1) is 0 Å². The maximum absolute atomic E-state index is 11.5. The number of carbonyl (C=O) groups is 2. The minimum absolute atomic E-state index is 0.329. The van der Waals surface area contributed by atoms with Gasteiger partial charge in [0, 0.05) is 23.1 Å². The number of rotatable bonds is 4. The Morgan fingerprint density at radius 3 is 2.96 bits per heavy atom. The maximum Gasteiger partial charge on any atom is 0.417 e. The van der Waals surface area contributed by atoms with Crippen LogP contribution in [0.15, 0.2) is 44.9 Å². The summed E-state index contributed by atoms with van der Waals surface area (Å²) in [6.07, 6.45) is 1.65. The van der Waals surface area contributed by atoms with Crippen molar-refractivity contribution in [3.8, 4) is 11.3 Å². The summed E-state index contributed by atoms with van der Waals surface area (Å²) in [7, 11) is 0. The number of aromatic nitrogens is 2.